The zero-order valence-corrected chi connectivity index (χ0v) is 20.3. The van der Waals surface area contributed by atoms with Gasteiger partial charge in [-0.3, -0.25) is 4.68 Å². The van der Waals surface area contributed by atoms with Crippen LogP contribution < -0.4 is 5.73 Å². The highest BCUT2D eigenvalue weighted by Crippen LogP contribution is 2.39. The lowest BCUT2D eigenvalue weighted by atomic mass is 9.81. The lowest BCUT2D eigenvalue weighted by molar-refractivity contribution is 0.238. The van der Waals surface area contributed by atoms with Crippen LogP contribution in [0.2, 0.25) is 0 Å². The van der Waals surface area contributed by atoms with Gasteiger partial charge in [0.2, 0.25) is 0 Å². The Kier molecular flexibility index (Phi) is 5.84. The van der Waals surface area contributed by atoms with Gasteiger partial charge in [-0.25, -0.2) is 8.91 Å². The fourth-order valence-corrected chi connectivity index (χ4v) is 5.84. The smallest absolute Gasteiger partial charge is 0.124 e. The molecule has 5 rings (SSSR count). The minimum absolute atomic E-state index is 0.112. The number of hydrogen-bond acceptors (Lipinski definition) is 6. The van der Waals surface area contributed by atoms with Crippen molar-refractivity contribution in [3.05, 3.63) is 65.5 Å². The van der Waals surface area contributed by atoms with E-state index in [1.54, 1.807) is 10.6 Å². The first-order valence-corrected chi connectivity index (χ1v) is 12.2. The van der Waals surface area contributed by atoms with Crippen molar-refractivity contribution in [2.45, 2.75) is 60.9 Å². The molecule has 0 spiro atoms. The predicted octanol–water partition coefficient (Wildman–Crippen LogP) is 5.37. The number of hydrogen-bond donors (Lipinski definition) is 1. The van der Waals surface area contributed by atoms with Gasteiger partial charge in [0.1, 0.15) is 18.0 Å². The van der Waals surface area contributed by atoms with Crippen LogP contribution in [0.5, 0.6) is 0 Å². The molecule has 7 nitrogen and oxygen atoms in total. The van der Waals surface area contributed by atoms with Gasteiger partial charge in [-0.2, -0.15) is 20.7 Å². The Hall–Kier alpha value is -3.66. The van der Waals surface area contributed by atoms with Crippen LogP contribution in [0.4, 0.5) is 4.39 Å². The molecule has 0 aliphatic heterocycles. The van der Waals surface area contributed by atoms with Gasteiger partial charge in [0.15, 0.2) is 0 Å². The van der Waals surface area contributed by atoms with Crippen molar-refractivity contribution >= 4 is 17.3 Å². The predicted molar refractivity (Wildman–Crippen MR) is 131 cm³/mol. The van der Waals surface area contributed by atoms with Gasteiger partial charge in [0.25, 0.3) is 0 Å². The molecule has 1 aromatic carbocycles. The molecule has 1 aliphatic carbocycles. The van der Waals surface area contributed by atoms with Crippen molar-refractivity contribution in [2.75, 3.05) is 0 Å². The van der Waals surface area contributed by atoms with Gasteiger partial charge in [-0.1, -0.05) is 11.8 Å². The summed E-state index contributed by atoms with van der Waals surface area (Å²) in [5.41, 5.74) is 10.5. The average molecular weight is 486 g/mol. The molecule has 1 fully saturated rings. The summed E-state index contributed by atoms with van der Waals surface area (Å²) in [6, 6.07) is 10.7. The SMILES string of the molecule is Cc1c(-c2cc(Sc3ccc(F)cc3C#N)c3c(C#N)cnn3c2)cnn1[C@H]1CC[C@](C)(N)CC1. The van der Waals surface area contributed by atoms with Crippen LogP contribution in [0.25, 0.3) is 16.6 Å². The zero-order valence-electron chi connectivity index (χ0n) is 19.5. The Bertz CT molecular complexity index is 1510. The van der Waals surface area contributed by atoms with E-state index in [0.717, 1.165) is 47.4 Å². The number of nitrogens with zero attached hydrogens (tertiary/aromatic N) is 6. The Balaban J connectivity index is 1.58. The fraction of sp³-hybridized carbons (Fsp3) is 0.308. The number of aromatic nitrogens is 4. The van der Waals surface area contributed by atoms with Crippen LogP contribution in [0.3, 0.4) is 0 Å². The van der Waals surface area contributed by atoms with Crippen molar-refractivity contribution in [1.29, 1.82) is 10.5 Å². The third-order valence-corrected chi connectivity index (χ3v) is 7.89. The maximum atomic E-state index is 13.7. The minimum Gasteiger partial charge on any atom is -0.325 e. The average Bonchev–Trinajstić information content (AvgIpc) is 3.43. The van der Waals surface area contributed by atoms with E-state index < -0.39 is 5.82 Å². The van der Waals surface area contributed by atoms with E-state index in [0.29, 0.717) is 22.0 Å². The van der Waals surface area contributed by atoms with Crippen molar-refractivity contribution < 1.29 is 4.39 Å². The summed E-state index contributed by atoms with van der Waals surface area (Å²) in [6.45, 7) is 4.17. The van der Waals surface area contributed by atoms with E-state index in [9.17, 15) is 14.9 Å². The van der Waals surface area contributed by atoms with E-state index >= 15 is 0 Å². The molecule has 3 aromatic heterocycles. The molecule has 176 valence electrons. The summed E-state index contributed by atoms with van der Waals surface area (Å²) in [4.78, 5) is 1.36. The van der Waals surface area contributed by atoms with Crippen LogP contribution in [-0.4, -0.2) is 24.9 Å². The largest absolute Gasteiger partial charge is 0.325 e. The molecular weight excluding hydrogens is 461 g/mol. The second kappa shape index (κ2) is 8.84. The van der Waals surface area contributed by atoms with Crippen LogP contribution in [0.15, 0.2) is 52.6 Å². The van der Waals surface area contributed by atoms with E-state index in [4.69, 9.17) is 10.8 Å². The molecule has 0 unspecified atom stereocenters. The Morgan fingerprint density at radius 2 is 1.83 bits per heavy atom. The van der Waals surface area contributed by atoms with E-state index in [1.807, 2.05) is 18.5 Å². The normalized spacial score (nSPS) is 20.0. The molecule has 9 heteroatoms. The van der Waals surface area contributed by atoms with Gasteiger partial charge in [-0.05, 0) is 63.8 Å². The molecule has 1 aliphatic rings. The molecule has 0 bridgehead atoms. The standard InChI is InChI=1S/C26H24FN7S/c1-16-22(14-32-34(16)21-5-7-26(2,30)8-6-21)18-10-24(25-19(12-29)13-31-33(25)15-18)35-23-4-3-20(27)9-17(23)11-28/h3-4,9-10,13-15,21H,5-8,30H2,1-2H3/t21-,26-. The lowest BCUT2D eigenvalue weighted by Gasteiger charge is -2.34. The third kappa shape index (κ3) is 4.29. The highest BCUT2D eigenvalue weighted by Gasteiger charge is 2.29. The minimum atomic E-state index is -0.465. The lowest BCUT2D eigenvalue weighted by Crippen LogP contribution is -2.40. The highest BCUT2D eigenvalue weighted by atomic mass is 32.2. The molecule has 0 atom stereocenters. The molecule has 4 aromatic rings. The summed E-state index contributed by atoms with van der Waals surface area (Å²) in [5, 5.41) is 28.2. The quantitative estimate of drug-likeness (QED) is 0.416. The Morgan fingerprint density at radius 1 is 1.09 bits per heavy atom. The van der Waals surface area contributed by atoms with Crippen LogP contribution >= 0.6 is 11.8 Å². The van der Waals surface area contributed by atoms with Crippen LogP contribution in [0, 0.1) is 35.4 Å². The number of benzene rings is 1. The second-order valence-electron chi connectivity index (χ2n) is 9.38. The van der Waals surface area contributed by atoms with E-state index in [2.05, 4.69) is 35.8 Å². The number of pyridine rings is 1. The summed E-state index contributed by atoms with van der Waals surface area (Å²) in [5.74, 6) is -0.465. The molecule has 0 radical (unpaired) electrons. The van der Waals surface area contributed by atoms with Gasteiger partial charge >= 0.3 is 0 Å². The van der Waals surface area contributed by atoms with E-state index in [-0.39, 0.29) is 11.1 Å². The van der Waals surface area contributed by atoms with E-state index in [1.165, 1.54) is 30.1 Å². The molecular formula is C26H24FN7S. The first-order valence-electron chi connectivity index (χ1n) is 11.4. The van der Waals surface area contributed by atoms with Crippen molar-refractivity contribution in [3.8, 4) is 23.3 Å². The fourth-order valence-electron chi connectivity index (χ4n) is 4.77. The molecule has 35 heavy (non-hydrogen) atoms. The van der Waals surface area contributed by atoms with Crippen LogP contribution in [0.1, 0.15) is 55.5 Å². The zero-order chi connectivity index (χ0) is 24.7. The summed E-state index contributed by atoms with van der Waals surface area (Å²) in [6.07, 6.45) is 9.19. The summed E-state index contributed by atoms with van der Waals surface area (Å²) < 4.78 is 17.5. The van der Waals surface area contributed by atoms with Crippen molar-refractivity contribution in [1.82, 2.24) is 19.4 Å². The van der Waals surface area contributed by atoms with Gasteiger partial charge in [0, 0.05) is 38.3 Å². The summed E-state index contributed by atoms with van der Waals surface area (Å²) >= 11 is 1.32. The Morgan fingerprint density at radius 3 is 2.54 bits per heavy atom. The van der Waals surface area contributed by atoms with Gasteiger partial charge in [0.05, 0.1) is 35.1 Å². The number of nitriles is 2. The maximum absolute atomic E-state index is 13.7. The first kappa shape index (κ1) is 23.1. The van der Waals surface area contributed by atoms with Crippen molar-refractivity contribution in [3.63, 3.8) is 0 Å². The highest BCUT2D eigenvalue weighted by molar-refractivity contribution is 7.99. The number of halogens is 1. The maximum Gasteiger partial charge on any atom is 0.124 e. The molecule has 1 saturated carbocycles. The Labute approximate surface area is 207 Å². The number of rotatable bonds is 4. The van der Waals surface area contributed by atoms with Gasteiger partial charge in [-0.15, -0.1) is 0 Å². The molecule has 2 N–H and O–H groups in total. The topological polar surface area (TPSA) is 109 Å². The molecule has 3 heterocycles. The van der Waals surface area contributed by atoms with Crippen LogP contribution in [-0.2, 0) is 0 Å². The third-order valence-electron chi connectivity index (χ3n) is 6.78. The second-order valence-corrected chi connectivity index (χ2v) is 10.5. The van der Waals surface area contributed by atoms with Crippen molar-refractivity contribution in [2.24, 2.45) is 5.73 Å². The number of nitrogens with two attached hydrogens (primary N) is 1. The monoisotopic (exact) mass is 485 g/mol. The first-order chi connectivity index (χ1) is 16.8. The van der Waals surface area contributed by atoms with Gasteiger partial charge < -0.3 is 5.73 Å². The summed E-state index contributed by atoms with van der Waals surface area (Å²) in [7, 11) is 0. The molecule has 0 amide bonds. The molecule has 0 saturated heterocycles. The number of fused-ring (bicyclic) bond motifs is 1.